The number of hydrogen-bond donors (Lipinski definition) is 1. The summed E-state index contributed by atoms with van der Waals surface area (Å²) in [6, 6.07) is 10.9. The van der Waals surface area contributed by atoms with Crippen molar-refractivity contribution in [1.82, 2.24) is 9.55 Å². The highest BCUT2D eigenvalue weighted by atomic mass is 32.2. The molecule has 1 N–H and O–H groups in total. The number of hydrogen-bond acceptors (Lipinski definition) is 6. The zero-order valence-corrected chi connectivity index (χ0v) is 16.6. The van der Waals surface area contributed by atoms with Crippen LogP contribution < -0.4 is 10.9 Å². The number of nitrogens with zero attached hydrogens (tertiary/aromatic N) is 3. The number of thiophene rings is 1. The summed E-state index contributed by atoms with van der Waals surface area (Å²) >= 11 is 2.53. The molecule has 0 saturated carbocycles. The summed E-state index contributed by atoms with van der Waals surface area (Å²) in [5, 5.41) is 15.2. The molecule has 3 aromatic rings. The highest BCUT2D eigenvalue weighted by molar-refractivity contribution is 7.99. The molecule has 0 saturated heterocycles. The van der Waals surface area contributed by atoms with Gasteiger partial charge in [0.2, 0.25) is 5.91 Å². The first kappa shape index (κ1) is 19.1. The van der Waals surface area contributed by atoms with Crippen molar-refractivity contribution in [1.29, 1.82) is 5.26 Å². The average Bonchev–Trinajstić information content (AvgIpc) is 3.13. The van der Waals surface area contributed by atoms with E-state index in [0.717, 1.165) is 6.42 Å². The molecular weight excluding hydrogens is 380 g/mol. The van der Waals surface area contributed by atoms with Gasteiger partial charge in [0.1, 0.15) is 11.1 Å². The molecule has 2 heterocycles. The second-order valence-corrected chi connectivity index (χ2v) is 7.81. The van der Waals surface area contributed by atoms with Crippen LogP contribution in [0.25, 0.3) is 10.9 Å². The maximum Gasteiger partial charge on any atom is 0.262 e. The van der Waals surface area contributed by atoms with Crippen molar-refractivity contribution in [3.05, 3.63) is 51.6 Å². The molecule has 138 valence electrons. The van der Waals surface area contributed by atoms with Crippen LogP contribution in [0.5, 0.6) is 0 Å². The summed E-state index contributed by atoms with van der Waals surface area (Å²) in [4.78, 5) is 29.8. The van der Waals surface area contributed by atoms with Crippen LogP contribution in [0.1, 0.15) is 31.9 Å². The number of carbonyl (C=O) groups excluding carboxylic acids is 1. The molecule has 3 rings (SSSR count). The van der Waals surface area contributed by atoms with Gasteiger partial charge >= 0.3 is 0 Å². The number of nitrogens with one attached hydrogen (secondary N) is 1. The van der Waals surface area contributed by atoms with E-state index in [0.29, 0.717) is 26.6 Å². The van der Waals surface area contributed by atoms with E-state index in [2.05, 4.69) is 10.3 Å². The number of fused-ring (bicyclic) bond motifs is 1. The quantitative estimate of drug-likeness (QED) is 0.500. The van der Waals surface area contributed by atoms with Gasteiger partial charge in [0.05, 0.1) is 22.2 Å². The zero-order valence-electron chi connectivity index (χ0n) is 14.9. The Morgan fingerprint density at radius 3 is 2.93 bits per heavy atom. The lowest BCUT2D eigenvalue weighted by Gasteiger charge is -2.18. The number of carbonyl (C=O) groups is 1. The van der Waals surface area contributed by atoms with E-state index < -0.39 is 0 Å². The van der Waals surface area contributed by atoms with Crippen molar-refractivity contribution in [2.45, 2.75) is 31.5 Å². The zero-order chi connectivity index (χ0) is 19.4. The van der Waals surface area contributed by atoms with Crippen molar-refractivity contribution in [2.75, 3.05) is 11.1 Å². The molecular formula is C19H18N4O2S2. The van der Waals surface area contributed by atoms with Gasteiger partial charge in [-0.15, -0.1) is 11.3 Å². The van der Waals surface area contributed by atoms with Crippen LogP contribution in [0.3, 0.4) is 0 Å². The van der Waals surface area contributed by atoms with Gasteiger partial charge in [0.25, 0.3) is 5.56 Å². The molecule has 0 spiro atoms. The van der Waals surface area contributed by atoms with Gasteiger partial charge < -0.3 is 5.32 Å². The Labute approximate surface area is 164 Å². The summed E-state index contributed by atoms with van der Waals surface area (Å²) in [5.41, 5.74) is 0.969. The van der Waals surface area contributed by atoms with E-state index in [-0.39, 0.29) is 23.3 Å². The fourth-order valence-corrected chi connectivity index (χ4v) is 4.24. The second kappa shape index (κ2) is 8.37. The van der Waals surface area contributed by atoms with E-state index in [9.17, 15) is 9.59 Å². The number of amides is 1. The van der Waals surface area contributed by atoms with Crippen molar-refractivity contribution < 1.29 is 4.79 Å². The Morgan fingerprint density at radius 2 is 2.19 bits per heavy atom. The van der Waals surface area contributed by atoms with Crippen LogP contribution in [-0.4, -0.2) is 21.2 Å². The normalized spacial score (nSPS) is 11.9. The van der Waals surface area contributed by atoms with Crippen molar-refractivity contribution in [2.24, 2.45) is 0 Å². The summed E-state index contributed by atoms with van der Waals surface area (Å²) in [6.45, 7) is 3.97. The third-order valence-corrected chi connectivity index (χ3v) is 5.96. The molecule has 1 amide bonds. The Kier molecular flexibility index (Phi) is 5.94. The number of rotatable bonds is 6. The molecule has 0 aliphatic rings. The minimum absolute atomic E-state index is 0.0253. The Morgan fingerprint density at radius 1 is 1.41 bits per heavy atom. The van der Waals surface area contributed by atoms with Gasteiger partial charge in [-0.05, 0) is 36.9 Å². The molecule has 8 heteroatoms. The van der Waals surface area contributed by atoms with Gasteiger partial charge in [-0.25, -0.2) is 4.98 Å². The predicted molar refractivity (Wildman–Crippen MR) is 109 cm³/mol. The van der Waals surface area contributed by atoms with Gasteiger partial charge in [-0.1, -0.05) is 30.8 Å². The molecule has 6 nitrogen and oxygen atoms in total. The van der Waals surface area contributed by atoms with E-state index in [1.807, 2.05) is 32.0 Å². The van der Waals surface area contributed by atoms with E-state index in [1.165, 1.54) is 23.1 Å². The highest BCUT2D eigenvalue weighted by Crippen LogP contribution is 2.25. The molecule has 1 aromatic carbocycles. The Hall–Kier alpha value is -2.63. The van der Waals surface area contributed by atoms with Crippen LogP contribution in [-0.2, 0) is 4.79 Å². The first-order valence-corrected chi connectivity index (χ1v) is 10.3. The maximum absolute atomic E-state index is 12.9. The molecule has 0 aliphatic heterocycles. The number of anilines is 1. The smallest absolute Gasteiger partial charge is 0.262 e. The van der Waals surface area contributed by atoms with E-state index in [1.54, 1.807) is 28.1 Å². The molecule has 0 bridgehead atoms. The molecule has 2 aromatic heterocycles. The number of benzene rings is 1. The second-order valence-electron chi connectivity index (χ2n) is 5.96. The number of thioether (sulfide) groups is 1. The van der Waals surface area contributed by atoms with Crippen LogP contribution in [0, 0.1) is 11.3 Å². The van der Waals surface area contributed by atoms with Crippen LogP contribution in [0.15, 0.2) is 45.7 Å². The Balaban J connectivity index is 1.86. The van der Waals surface area contributed by atoms with E-state index >= 15 is 0 Å². The first-order valence-electron chi connectivity index (χ1n) is 8.46. The summed E-state index contributed by atoms with van der Waals surface area (Å²) in [5.74, 6) is -0.138. The van der Waals surface area contributed by atoms with Gasteiger partial charge in [0.15, 0.2) is 5.16 Å². The molecule has 0 radical (unpaired) electrons. The predicted octanol–water partition coefficient (Wildman–Crippen LogP) is 4.03. The lowest BCUT2D eigenvalue weighted by molar-refractivity contribution is -0.113. The van der Waals surface area contributed by atoms with Crippen molar-refractivity contribution >= 4 is 44.9 Å². The standard InChI is InChI=1S/C19H18N4O2S2/c1-3-12(2)23-18(25)14-6-4-5-7-15(14)21-19(23)27-11-16(24)22-17-13(10-20)8-9-26-17/h4-9,12H,3,11H2,1-2H3,(H,22,24)/t12-/m0/s1. The minimum atomic E-state index is -0.239. The molecule has 1 atom stereocenters. The minimum Gasteiger partial charge on any atom is -0.316 e. The van der Waals surface area contributed by atoms with E-state index in [4.69, 9.17) is 5.26 Å². The largest absolute Gasteiger partial charge is 0.316 e. The summed E-state index contributed by atoms with van der Waals surface area (Å²) < 4.78 is 1.66. The molecule has 0 fully saturated rings. The van der Waals surface area contributed by atoms with Gasteiger partial charge in [0, 0.05) is 6.04 Å². The number of nitriles is 1. The summed E-state index contributed by atoms with van der Waals surface area (Å²) in [6.07, 6.45) is 0.778. The SMILES string of the molecule is CC[C@H](C)n1c(SCC(=O)Nc2sccc2C#N)nc2ccccc2c1=O. The third-order valence-electron chi connectivity index (χ3n) is 4.18. The maximum atomic E-state index is 12.9. The van der Waals surface area contributed by atoms with Gasteiger partial charge in [-0.2, -0.15) is 5.26 Å². The molecule has 0 aliphatic carbocycles. The van der Waals surface area contributed by atoms with Crippen LogP contribution in [0.4, 0.5) is 5.00 Å². The molecule has 0 unspecified atom stereocenters. The molecule has 27 heavy (non-hydrogen) atoms. The average molecular weight is 399 g/mol. The topological polar surface area (TPSA) is 87.8 Å². The third kappa shape index (κ3) is 4.04. The number of para-hydroxylation sites is 1. The van der Waals surface area contributed by atoms with Crippen molar-refractivity contribution in [3.8, 4) is 6.07 Å². The number of aromatic nitrogens is 2. The van der Waals surface area contributed by atoms with Gasteiger partial charge in [-0.3, -0.25) is 14.2 Å². The van der Waals surface area contributed by atoms with Crippen LogP contribution >= 0.6 is 23.1 Å². The fraction of sp³-hybridized carbons (Fsp3) is 0.263. The summed E-state index contributed by atoms with van der Waals surface area (Å²) in [7, 11) is 0. The van der Waals surface area contributed by atoms with Crippen molar-refractivity contribution in [3.63, 3.8) is 0 Å². The monoisotopic (exact) mass is 398 g/mol. The fourth-order valence-electron chi connectivity index (χ4n) is 2.59. The first-order chi connectivity index (χ1) is 13.0. The lowest BCUT2D eigenvalue weighted by Crippen LogP contribution is -2.26. The highest BCUT2D eigenvalue weighted by Gasteiger charge is 2.17. The van der Waals surface area contributed by atoms with Crippen LogP contribution in [0.2, 0.25) is 0 Å². The lowest BCUT2D eigenvalue weighted by atomic mass is 10.2. The Bertz CT molecular complexity index is 1080.